The maximum Gasteiger partial charge on any atom is 0.233 e. The predicted octanol–water partition coefficient (Wildman–Crippen LogP) is -0.398. The van der Waals surface area contributed by atoms with Crippen molar-refractivity contribution < 1.29 is 14.3 Å². The van der Waals surface area contributed by atoms with Gasteiger partial charge in [-0.3, -0.25) is 14.9 Å². The molecule has 0 aliphatic carbocycles. The Bertz CT molecular complexity index is 323. The first-order valence-electron chi connectivity index (χ1n) is 4.43. The molecule has 2 saturated heterocycles. The normalized spacial score (nSPS) is 46.5. The van der Waals surface area contributed by atoms with Gasteiger partial charge in [-0.15, -0.1) is 0 Å². The molecule has 2 amide bonds. The van der Waals surface area contributed by atoms with Crippen LogP contribution in [0.1, 0.15) is 6.42 Å². The van der Waals surface area contributed by atoms with Crippen molar-refractivity contribution in [2.45, 2.75) is 18.6 Å². The third kappa shape index (κ3) is 0.836. The van der Waals surface area contributed by atoms with Crippen molar-refractivity contribution in [1.82, 2.24) is 5.32 Å². The van der Waals surface area contributed by atoms with Crippen molar-refractivity contribution in [2.75, 3.05) is 0 Å². The zero-order chi connectivity index (χ0) is 9.00. The van der Waals surface area contributed by atoms with Crippen LogP contribution in [0.25, 0.3) is 0 Å². The Morgan fingerprint density at radius 1 is 1.31 bits per heavy atom. The maximum absolute atomic E-state index is 11.4. The van der Waals surface area contributed by atoms with Crippen LogP contribution in [-0.4, -0.2) is 24.0 Å². The summed E-state index contributed by atoms with van der Waals surface area (Å²) in [6.07, 6.45) is 4.19. The molecule has 1 N–H and O–H groups in total. The summed E-state index contributed by atoms with van der Waals surface area (Å²) in [6, 6.07) is 0. The summed E-state index contributed by atoms with van der Waals surface area (Å²) < 4.78 is 5.51. The molecule has 13 heavy (non-hydrogen) atoms. The van der Waals surface area contributed by atoms with Crippen LogP contribution in [0.15, 0.2) is 12.2 Å². The molecule has 0 aromatic carbocycles. The van der Waals surface area contributed by atoms with Gasteiger partial charge in [0.25, 0.3) is 0 Å². The lowest BCUT2D eigenvalue weighted by Gasteiger charge is -2.27. The highest BCUT2D eigenvalue weighted by molar-refractivity contribution is 6.00. The summed E-state index contributed by atoms with van der Waals surface area (Å²) in [6.45, 7) is 0. The van der Waals surface area contributed by atoms with Crippen LogP contribution in [0.2, 0.25) is 0 Å². The van der Waals surface area contributed by atoms with E-state index < -0.39 is 0 Å². The van der Waals surface area contributed by atoms with Crippen molar-refractivity contribution in [3.8, 4) is 0 Å². The van der Waals surface area contributed by atoms with Crippen molar-refractivity contribution in [3.63, 3.8) is 0 Å². The van der Waals surface area contributed by atoms with Crippen LogP contribution in [0, 0.1) is 11.8 Å². The van der Waals surface area contributed by atoms with E-state index in [1.807, 2.05) is 12.2 Å². The van der Waals surface area contributed by atoms with Gasteiger partial charge in [0.05, 0.1) is 18.1 Å². The van der Waals surface area contributed by atoms with E-state index in [0.717, 1.165) is 0 Å². The van der Waals surface area contributed by atoms with Crippen LogP contribution in [0.3, 0.4) is 0 Å². The number of hydrogen-bond donors (Lipinski definition) is 1. The minimum atomic E-state index is -0.171. The Labute approximate surface area is 74.9 Å². The fourth-order valence-electron chi connectivity index (χ4n) is 2.46. The number of nitrogens with one attached hydrogen (secondary N) is 1. The lowest BCUT2D eigenvalue weighted by atomic mass is 9.78. The number of carbonyl (C=O) groups is 2. The van der Waals surface area contributed by atoms with E-state index in [-0.39, 0.29) is 35.9 Å². The monoisotopic (exact) mass is 179 g/mol. The van der Waals surface area contributed by atoms with Gasteiger partial charge in [0.15, 0.2) is 0 Å². The lowest BCUT2D eigenvalue weighted by Crippen LogP contribution is -2.48. The largest absolute Gasteiger partial charge is 0.366 e. The van der Waals surface area contributed by atoms with Gasteiger partial charge >= 0.3 is 0 Å². The molecule has 68 valence electrons. The molecule has 4 atom stereocenters. The molecule has 4 unspecified atom stereocenters. The van der Waals surface area contributed by atoms with Gasteiger partial charge in [0, 0.05) is 12.3 Å². The number of carbonyl (C=O) groups excluding carboxylic acids is 2. The van der Waals surface area contributed by atoms with Gasteiger partial charge in [-0.1, -0.05) is 12.2 Å². The highest BCUT2D eigenvalue weighted by Gasteiger charge is 2.52. The van der Waals surface area contributed by atoms with Gasteiger partial charge in [-0.25, -0.2) is 0 Å². The highest BCUT2D eigenvalue weighted by Crippen LogP contribution is 2.42. The van der Waals surface area contributed by atoms with E-state index in [2.05, 4.69) is 5.32 Å². The summed E-state index contributed by atoms with van der Waals surface area (Å²) >= 11 is 0. The van der Waals surface area contributed by atoms with E-state index in [9.17, 15) is 9.59 Å². The van der Waals surface area contributed by atoms with Gasteiger partial charge in [-0.05, 0) is 0 Å². The molecule has 0 aromatic heterocycles. The lowest BCUT2D eigenvalue weighted by molar-refractivity contribution is -0.138. The van der Waals surface area contributed by atoms with Crippen LogP contribution >= 0.6 is 0 Å². The summed E-state index contributed by atoms with van der Waals surface area (Å²) in [4.78, 5) is 22.5. The molecule has 3 rings (SSSR count). The number of hydrogen-bond acceptors (Lipinski definition) is 3. The second kappa shape index (κ2) is 2.20. The minimum Gasteiger partial charge on any atom is -0.366 e. The molecule has 4 nitrogen and oxygen atoms in total. The summed E-state index contributed by atoms with van der Waals surface area (Å²) in [5, 5.41) is 2.34. The van der Waals surface area contributed by atoms with Crippen LogP contribution < -0.4 is 5.32 Å². The summed E-state index contributed by atoms with van der Waals surface area (Å²) in [7, 11) is 0. The van der Waals surface area contributed by atoms with Crippen molar-refractivity contribution in [1.29, 1.82) is 0 Å². The van der Waals surface area contributed by atoms with Gasteiger partial charge in [0.1, 0.15) is 0 Å². The topological polar surface area (TPSA) is 55.4 Å². The molecule has 0 aromatic rings. The Morgan fingerprint density at radius 3 is 2.92 bits per heavy atom. The smallest absolute Gasteiger partial charge is 0.233 e. The van der Waals surface area contributed by atoms with Crippen molar-refractivity contribution in [2.24, 2.45) is 11.8 Å². The molecule has 0 radical (unpaired) electrons. The standard InChI is InChI=1S/C9H9NO3/c11-7-3-4-5-1-2-6(13-5)8(4)9(12)10-7/h1-2,4-6,8H,3H2,(H,10,11,12). The van der Waals surface area contributed by atoms with E-state index >= 15 is 0 Å². The highest BCUT2D eigenvalue weighted by atomic mass is 16.5. The Morgan fingerprint density at radius 2 is 2.08 bits per heavy atom. The predicted molar refractivity (Wildman–Crippen MR) is 42.5 cm³/mol. The Kier molecular flexibility index (Phi) is 1.23. The molecule has 3 aliphatic rings. The third-order valence-corrected chi connectivity index (χ3v) is 3.03. The van der Waals surface area contributed by atoms with Crippen LogP contribution in [0.4, 0.5) is 0 Å². The molecule has 3 aliphatic heterocycles. The Balaban J connectivity index is 1.98. The van der Waals surface area contributed by atoms with Crippen LogP contribution in [0.5, 0.6) is 0 Å². The van der Waals surface area contributed by atoms with E-state index in [1.165, 1.54) is 0 Å². The SMILES string of the molecule is O=C1CC2C3C=CC(O3)C2C(=O)N1. The molecular weight excluding hydrogens is 170 g/mol. The second-order valence-electron chi connectivity index (χ2n) is 3.76. The maximum atomic E-state index is 11.4. The minimum absolute atomic E-state index is 0.00926. The average Bonchev–Trinajstić information content (AvgIpc) is 2.62. The second-order valence-corrected chi connectivity index (χ2v) is 3.76. The van der Waals surface area contributed by atoms with E-state index in [0.29, 0.717) is 6.42 Å². The number of amides is 2. The Hall–Kier alpha value is -1.16. The van der Waals surface area contributed by atoms with E-state index in [1.54, 1.807) is 0 Å². The summed E-state index contributed by atoms with van der Waals surface area (Å²) in [5.41, 5.74) is 0. The van der Waals surface area contributed by atoms with E-state index in [4.69, 9.17) is 4.74 Å². The van der Waals surface area contributed by atoms with Crippen molar-refractivity contribution >= 4 is 11.8 Å². The molecule has 0 spiro atoms. The number of imide groups is 1. The quantitative estimate of drug-likeness (QED) is 0.406. The zero-order valence-corrected chi connectivity index (χ0v) is 6.90. The summed E-state index contributed by atoms with van der Waals surface area (Å²) in [5.74, 6) is -0.391. The fraction of sp³-hybridized carbons (Fsp3) is 0.556. The molecule has 3 heterocycles. The number of piperidine rings is 1. The molecule has 2 fully saturated rings. The van der Waals surface area contributed by atoms with Gasteiger partial charge in [0.2, 0.25) is 11.8 Å². The first kappa shape index (κ1) is 7.26. The molecule has 4 heteroatoms. The molecular formula is C9H9NO3. The number of rotatable bonds is 0. The fourth-order valence-corrected chi connectivity index (χ4v) is 2.46. The van der Waals surface area contributed by atoms with Crippen LogP contribution in [-0.2, 0) is 14.3 Å². The number of fused-ring (bicyclic) bond motifs is 5. The van der Waals surface area contributed by atoms with Gasteiger partial charge < -0.3 is 4.74 Å². The first-order valence-corrected chi connectivity index (χ1v) is 4.43. The van der Waals surface area contributed by atoms with Crippen molar-refractivity contribution in [3.05, 3.63) is 12.2 Å². The number of ether oxygens (including phenoxy) is 1. The zero-order valence-electron chi connectivity index (χ0n) is 6.90. The van der Waals surface area contributed by atoms with Gasteiger partial charge in [-0.2, -0.15) is 0 Å². The first-order chi connectivity index (χ1) is 6.25. The molecule has 2 bridgehead atoms. The molecule has 0 saturated carbocycles. The average molecular weight is 179 g/mol. The third-order valence-electron chi connectivity index (χ3n) is 3.03.